The average molecular weight is 768 g/mol. The van der Waals surface area contributed by atoms with E-state index in [9.17, 15) is 22.8 Å². The fourth-order valence-electron chi connectivity index (χ4n) is 7.82. The summed E-state index contributed by atoms with van der Waals surface area (Å²) in [5, 5.41) is 5.40. The predicted molar refractivity (Wildman–Crippen MR) is 208 cm³/mol. The molecular formula is C41H45N5O6S2. The Hall–Kier alpha value is -4.62. The molecule has 282 valence electrons. The van der Waals surface area contributed by atoms with E-state index in [0.717, 1.165) is 41.8 Å². The fourth-order valence-corrected chi connectivity index (χ4v) is 9.86. The van der Waals surface area contributed by atoms with E-state index < -0.39 is 44.3 Å². The van der Waals surface area contributed by atoms with Gasteiger partial charge in [0, 0.05) is 18.5 Å². The van der Waals surface area contributed by atoms with E-state index in [1.54, 1.807) is 11.8 Å². The number of carbonyl (C=O) groups excluding carboxylic acids is 3. The highest BCUT2D eigenvalue weighted by Gasteiger charge is 2.62. The molecule has 0 spiro atoms. The number of fused-ring (bicyclic) bond motifs is 3. The van der Waals surface area contributed by atoms with Gasteiger partial charge in [-0.15, -0.1) is 11.3 Å². The van der Waals surface area contributed by atoms with Crippen LogP contribution in [0.4, 0.5) is 5.69 Å². The van der Waals surface area contributed by atoms with Crippen molar-refractivity contribution in [1.82, 2.24) is 19.6 Å². The molecule has 0 radical (unpaired) electrons. The molecule has 8 rings (SSSR count). The molecule has 11 nitrogen and oxygen atoms in total. The molecule has 3 fully saturated rings. The number of ketones is 1. The van der Waals surface area contributed by atoms with Crippen molar-refractivity contribution in [2.24, 2.45) is 11.3 Å². The summed E-state index contributed by atoms with van der Waals surface area (Å²) in [6.45, 7) is 1.77. The van der Waals surface area contributed by atoms with Crippen molar-refractivity contribution in [3.05, 3.63) is 84.3 Å². The number of hydrogen-bond acceptors (Lipinski definition) is 10. The molecule has 0 bridgehead atoms. The van der Waals surface area contributed by atoms with Crippen LogP contribution in [0.1, 0.15) is 71.1 Å². The van der Waals surface area contributed by atoms with Gasteiger partial charge in [0.2, 0.25) is 27.7 Å². The first kappa shape index (κ1) is 36.4. The van der Waals surface area contributed by atoms with E-state index in [1.165, 1.54) is 11.3 Å². The third-order valence-electron chi connectivity index (χ3n) is 11.5. The van der Waals surface area contributed by atoms with Gasteiger partial charge in [-0.25, -0.2) is 18.4 Å². The number of allylic oxidation sites excluding steroid dienone is 2. The maximum absolute atomic E-state index is 14.7. The summed E-state index contributed by atoms with van der Waals surface area (Å²) in [6.07, 6.45) is 8.75. The minimum Gasteiger partial charge on any atom is -0.471 e. The maximum Gasteiger partial charge on any atom is 0.245 e. The van der Waals surface area contributed by atoms with Crippen LogP contribution in [-0.4, -0.2) is 70.4 Å². The Bertz CT molecular complexity index is 2190. The number of aromatic nitrogens is 2. The van der Waals surface area contributed by atoms with Crippen molar-refractivity contribution in [2.45, 2.75) is 94.1 Å². The SMILES string of the molecule is CC1(S(=O)(=O)NC(=O)[C@]23CC(=O)[C@@H]4C[C@@H](Oc5nc6ccccc6nc5-c5cccs5)CN4C(=O)[C@@H](Nc4ccccc4)CCCCC/C=C\[C@@H]2C3)CC1. The Morgan fingerprint density at radius 2 is 1.72 bits per heavy atom. The Labute approximate surface area is 319 Å². The van der Waals surface area contributed by atoms with Crippen LogP contribution in [0.5, 0.6) is 5.88 Å². The number of rotatable bonds is 8. The molecule has 0 unspecified atom stereocenters. The smallest absolute Gasteiger partial charge is 0.245 e. The molecule has 1 saturated heterocycles. The van der Waals surface area contributed by atoms with Gasteiger partial charge in [-0.05, 0) is 87.1 Å². The Kier molecular flexibility index (Phi) is 9.80. The second-order valence-corrected chi connectivity index (χ2v) is 18.6. The van der Waals surface area contributed by atoms with Crippen LogP contribution in [0.15, 0.2) is 84.3 Å². The quantitative estimate of drug-likeness (QED) is 0.188. The summed E-state index contributed by atoms with van der Waals surface area (Å²) < 4.78 is 34.5. The largest absolute Gasteiger partial charge is 0.471 e. The molecule has 5 atom stereocenters. The van der Waals surface area contributed by atoms with Crippen LogP contribution in [0.3, 0.4) is 0 Å². The van der Waals surface area contributed by atoms with Crippen LogP contribution in [0.2, 0.25) is 0 Å². The predicted octanol–water partition coefficient (Wildman–Crippen LogP) is 6.67. The van der Waals surface area contributed by atoms with Gasteiger partial charge >= 0.3 is 0 Å². The second-order valence-electron chi connectivity index (χ2n) is 15.4. The Morgan fingerprint density at radius 1 is 0.963 bits per heavy atom. The van der Waals surface area contributed by atoms with Crippen molar-refractivity contribution in [1.29, 1.82) is 0 Å². The van der Waals surface area contributed by atoms with Gasteiger partial charge in [-0.1, -0.05) is 61.4 Å². The van der Waals surface area contributed by atoms with Crippen LogP contribution in [-0.2, 0) is 24.4 Å². The molecule has 2 aromatic heterocycles. The number of thiophene rings is 1. The summed E-state index contributed by atoms with van der Waals surface area (Å²) in [7, 11) is -3.91. The number of amides is 2. The highest BCUT2D eigenvalue weighted by Crippen LogP contribution is 2.57. The van der Waals surface area contributed by atoms with E-state index >= 15 is 0 Å². The molecule has 2 aliphatic carbocycles. The van der Waals surface area contributed by atoms with Crippen LogP contribution in [0, 0.1) is 11.3 Å². The van der Waals surface area contributed by atoms with E-state index in [1.807, 2.05) is 84.3 Å². The summed E-state index contributed by atoms with van der Waals surface area (Å²) in [5.41, 5.74) is 1.57. The molecule has 13 heteroatoms. The Balaban J connectivity index is 1.13. The number of hydrogen-bond donors (Lipinski definition) is 2. The number of anilines is 1. The van der Waals surface area contributed by atoms with E-state index in [2.05, 4.69) is 10.0 Å². The normalized spacial score (nSPS) is 27.5. The number of benzene rings is 2. The lowest BCUT2D eigenvalue weighted by Gasteiger charge is -2.30. The van der Waals surface area contributed by atoms with Gasteiger partial charge in [0.1, 0.15) is 17.8 Å². The molecule has 2 N–H and O–H groups in total. The molecule has 4 heterocycles. The third kappa shape index (κ3) is 7.27. The average Bonchev–Trinajstić information content (AvgIpc) is 3.92. The van der Waals surface area contributed by atoms with Gasteiger partial charge in [0.05, 0.1) is 38.7 Å². The number of carbonyl (C=O) groups is 3. The lowest BCUT2D eigenvalue weighted by molar-refractivity contribution is -0.139. The van der Waals surface area contributed by atoms with Crippen molar-refractivity contribution >= 4 is 55.7 Å². The molecule has 2 aliphatic heterocycles. The molecule has 2 amide bonds. The maximum atomic E-state index is 14.7. The number of sulfonamides is 1. The van der Waals surface area contributed by atoms with Gasteiger partial charge in [-0.2, -0.15) is 0 Å². The number of nitrogens with one attached hydrogen (secondary N) is 2. The molecule has 4 aromatic rings. The lowest BCUT2D eigenvalue weighted by atomic mass is 9.91. The second kappa shape index (κ2) is 14.6. The van der Waals surface area contributed by atoms with Crippen LogP contribution < -0.4 is 14.8 Å². The zero-order chi connectivity index (χ0) is 37.5. The number of Topliss-reactive ketones (excluding diaryl/α,β-unsaturated/α-hetero) is 1. The van der Waals surface area contributed by atoms with Gasteiger partial charge in [0.15, 0.2) is 5.78 Å². The summed E-state index contributed by atoms with van der Waals surface area (Å²) in [5.74, 6) is -1.09. The highest BCUT2D eigenvalue weighted by atomic mass is 32.2. The van der Waals surface area contributed by atoms with E-state index in [0.29, 0.717) is 42.8 Å². The third-order valence-corrected chi connectivity index (χ3v) is 14.6. The topological polar surface area (TPSA) is 148 Å². The van der Waals surface area contributed by atoms with E-state index in [-0.39, 0.29) is 37.0 Å². The Morgan fingerprint density at radius 3 is 2.46 bits per heavy atom. The van der Waals surface area contributed by atoms with E-state index in [4.69, 9.17) is 14.7 Å². The van der Waals surface area contributed by atoms with Crippen LogP contribution in [0.25, 0.3) is 21.6 Å². The van der Waals surface area contributed by atoms with Gasteiger partial charge in [-0.3, -0.25) is 19.1 Å². The number of nitrogens with zero attached hydrogens (tertiary/aromatic N) is 3. The minimum absolute atomic E-state index is 0.135. The zero-order valence-electron chi connectivity index (χ0n) is 30.3. The van der Waals surface area contributed by atoms with Gasteiger partial charge in [0.25, 0.3) is 0 Å². The first-order valence-corrected chi connectivity index (χ1v) is 21.3. The molecule has 4 aliphatic rings. The van der Waals surface area contributed by atoms with Crippen molar-refractivity contribution in [3.63, 3.8) is 0 Å². The molecular weight excluding hydrogens is 723 g/mol. The fraction of sp³-hybridized carbons (Fsp3) is 0.439. The lowest BCUT2D eigenvalue weighted by Crippen LogP contribution is -2.49. The first-order chi connectivity index (χ1) is 26.1. The monoisotopic (exact) mass is 767 g/mol. The van der Waals surface area contributed by atoms with Crippen LogP contribution >= 0.6 is 11.3 Å². The van der Waals surface area contributed by atoms with Crippen molar-refractivity contribution < 1.29 is 27.5 Å². The molecule has 2 saturated carbocycles. The standard InChI is InChI=1S/C41H45N5O6S2/c1-40(20-21-40)54(50,51)45-39(49)41-24-27(41)13-6-3-2-4-9-18-32(42-28-14-7-5-8-15-28)38(48)46-26-29(23-33(46)34(47)25-41)52-37-36(35-19-12-22-53-35)43-30-16-10-11-17-31(30)44-37/h5-8,10-17,19,22,27,29,32-33,42H,2-4,9,18,20-21,23-26H2,1H3,(H,45,49)/b13-6-/t27-,29-,32+,33+,41-/m1/s1. The van der Waals surface area contributed by atoms with Gasteiger partial charge < -0.3 is 15.0 Å². The first-order valence-electron chi connectivity index (χ1n) is 18.9. The summed E-state index contributed by atoms with van der Waals surface area (Å²) >= 11 is 1.52. The number of para-hydroxylation sites is 3. The molecule has 54 heavy (non-hydrogen) atoms. The summed E-state index contributed by atoms with van der Waals surface area (Å²) in [6, 6.07) is 19.5. The minimum atomic E-state index is -3.91. The summed E-state index contributed by atoms with van der Waals surface area (Å²) in [4.78, 5) is 55.6. The zero-order valence-corrected chi connectivity index (χ0v) is 31.9. The highest BCUT2D eigenvalue weighted by molar-refractivity contribution is 7.91. The molecule has 2 aromatic carbocycles. The van der Waals surface area contributed by atoms with Crippen molar-refractivity contribution in [2.75, 3.05) is 11.9 Å². The van der Waals surface area contributed by atoms with Crippen molar-refractivity contribution in [3.8, 4) is 16.5 Å². The number of ether oxygens (including phenoxy) is 1.